The Labute approximate surface area is 103 Å². The fourth-order valence-electron chi connectivity index (χ4n) is 2.93. The monoisotopic (exact) mass is 244 g/mol. The summed E-state index contributed by atoms with van der Waals surface area (Å²) in [7, 11) is 0. The third kappa shape index (κ3) is 2.74. The van der Waals surface area contributed by atoms with Crippen LogP contribution in [0.1, 0.15) is 39.0 Å². The van der Waals surface area contributed by atoms with E-state index in [1.165, 1.54) is 30.8 Å². The molecule has 1 N–H and O–H groups in total. The summed E-state index contributed by atoms with van der Waals surface area (Å²) in [6, 6.07) is 0. The highest BCUT2D eigenvalue weighted by molar-refractivity contribution is 7.99. The van der Waals surface area contributed by atoms with Gasteiger partial charge in [-0.2, -0.15) is 11.8 Å². The van der Waals surface area contributed by atoms with Crippen molar-refractivity contribution < 1.29 is 9.84 Å². The SMILES string of the molecule is CCSCCCC1(CO)CCOC1C1CC1. The number of rotatable bonds is 7. The van der Waals surface area contributed by atoms with Crippen LogP contribution in [0.5, 0.6) is 0 Å². The zero-order valence-corrected chi connectivity index (χ0v) is 11.1. The fourth-order valence-corrected chi connectivity index (χ4v) is 3.57. The lowest BCUT2D eigenvalue weighted by molar-refractivity contribution is -0.00441. The van der Waals surface area contributed by atoms with Gasteiger partial charge in [-0.15, -0.1) is 0 Å². The van der Waals surface area contributed by atoms with E-state index >= 15 is 0 Å². The van der Waals surface area contributed by atoms with Crippen molar-refractivity contribution in [1.29, 1.82) is 0 Å². The molecule has 0 radical (unpaired) electrons. The Morgan fingerprint density at radius 1 is 1.44 bits per heavy atom. The van der Waals surface area contributed by atoms with Crippen LogP contribution in [0, 0.1) is 11.3 Å². The second-order valence-corrected chi connectivity index (χ2v) is 6.59. The minimum atomic E-state index is 0.107. The molecule has 1 saturated carbocycles. The van der Waals surface area contributed by atoms with Gasteiger partial charge in [-0.3, -0.25) is 0 Å². The van der Waals surface area contributed by atoms with Crippen molar-refractivity contribution in [3.8, 4) is 0 Å². The average Bonchev–Trinajstić information content (AvgIpc) is 3.06. The minimum Gasteiger partial charge on any atom is -0.396 e. The standard InChI is InChI=1S/C13H24O2S/c1-2-16-9-3-6-13(10-14)7-8-15-12(13)11-4-5-11/h11-12,14H,2-10H2,1H3. The lowest BCUT2D eigenvalue weighted by Crippen LogP contribution is -2.36. The summed E-state index contributed by atoms with van der Waals surface area (Å²) in [4.78, 5) is 0. The number of aliphatic hydroxyl groups is 1. The quantitative estimate of drug-likeness (QED) is 0.698. The molecule has 0 aromatic carbocycles. The average molecular weight is 244 g/mol. The largest absolute Gasteiger partial charge is 0.396 e. The Kier molecular flexibility index (Phi) is 4.57. The third-order valence-corrected chi connectivity index (χ3v) is 5.02. The number of thioether (sulfide) groups is 1. The van der Waals surface area contributed by atoms with Crippen LogP contribution in [0.15, 0.2) is 0 Å². The summed E-state index contributed by atoms with van der Waals surface area (Å²) in [5, 5.41) is 9.73. The molecular weight excluding hydrogens is 220 g/mol. The fraction of sp³-hybridized carbons (Fsp3) is 1.00. The molecular formula is C13H24O2S. The Hall–Kier alpha value is 0.270. The highest BCUT2D eigenvalue weighted by Crippen LogP contribution is 2.49. The van der Waals surface area contributed by atoms with Gasteiger partial charge in [0.15, 0.2) is 0 Å². The molecule has 2 atom stereocenters. The number of aliphatic hydroxyl groups excluding tert-OH is 1. The van der Waals surface area contributed by atoms with Gasteiger partial charge in [0.25, 0.3) is 0 Å². The van der Waals surface area contributed by atoms with Crippen LogP contribution in [0.3, 0.4) is 0 Å². The van der Waals surface area contributed by atoms with Crippen molar-refractivity contribution in [2.75, 3.05) is 24.7 Å². The summed E-state index contributed by atoms with van der Waals surface area (Å²) in [6.07, 6.45) is 6.45. The highest BCUT2D eigenvalue weighted by Gasteiger charge is 2.50. The summed E-state index contributed by atoms with van der Waals surface area (Å²) in [5.74, 6) is 3.19. The lowest BCUT2D eigenvalue weighted by Gasteiger charge is -2.32. The first-order valence-electron chi connectivity index (χ1n) is 6.62. The van der Waals surface area contributed by atoms with Crippen molar-refractivity contribution in [2.45, 2.75) is 45.1 Å². The molecule has 0 aromatic rings. The van der Waals surface area contributed by atoms with Crippen molar-refractivity contribution in [1.82, 2.24) is 0 Å². The van der Waals surface area contributed by atoms with E-state index in [9.17, 15) is 5.11 Å². The molecule has 0 aromatic heterocycles. The molecule has 1 heterocycles. The second kappa shape index (κ2) is 5.74. The zero-order valence-electron chi connectivity index (χ0n) is 10.3. The van der Waals surface area contributed by atoms with Crippen molar-refractivity contribution in [2.24, 2.45) is 11.3 Å². The zero-order chi connectivity index (χ0) is 11.4. The van der Waals surface area contributed by atoms with E-state index < -0.39 is 0 Å². The van der Waals surface area contributed by atoms with Gasteiger partial charge in [-0.1, -0.05) is 6.92 Å². The molecule has 3 heteroatoms. The molecule has 0 spiro atoms. The number of ether oxygens (including phenoxy) is 1. The smallest absolute Gasteiger partial charge is 0.0682 e. The normalized spacial score (nSPS) is 34.5. The van der Waals surface area contributed by atoms with Crippen LogP contribution < -0.4 is 0 Å². The molecule has 16 heavy (non-hydrogen) atoms. The molecule has 0 amide bonds. The van der Waals surface area contributed by atoms with E-state index in [1.807, 2.05) is 11.8 Å². The van der Waals surface area contributed by atoms with E-state index in [0.717, 1.165) is 25.4 Å². The van der Waals surface area contributed by atoms with Gasteiger partial charge in [-0.05, 0) is 49.5 Å². The molecule has 2 rings (SSSR count). The van der Waals surface area contributed by atoms with Crippen LogP contribution >= 0.6 is 11.8 Å². The first kappa shape index (κ1) is 12.7. The maximum Gasteiger partial charge on any atom is 0.0682 e. The number of hydrogen-bond acceptors (Lipinski definition) is 3. The summed E-state index contributed by atoms with van der Waals surface area (Å²) >= 11 is 2.00. The molecule has 0 bridgehead atoms. The van der Waals surface area contributed by atoms with E-state index in [-0.39, 0.29) is 5.41 Å². The Morgan fingerprint density at radius 2 is 2.25 bits per heavy atom. The maximum absolute atomic E-state index is 9.73. The van der Waals surface area contributed by atoms with Crippen molar-refractivity contribution in [3.05, 3.63) is 0 Å². The molecule has 1 aliphatic carbocycles. The highest BCUT2D eigenvalue weighted by atomic mass is 32.2. The molecule has 1 aliphatic heterocycles. The van der Waals surface area contributed by atoms with Gasteiger partial charge in [0.2, 0.25) is 0 Å². The van der Waals surface area contributed by atoms with Crippen LogP contribution in [-0.4, -0.2) is 35.9 Å². The van der Waals surface area contributed by atoms with Gasteiger partial charge < -0.3 is 9.84 Å². The van der Waals surface area contributed by atoms with Crippen LogP contribution in [0.4, 0.5) is 0 Å². The Balaban J connectivity index is 1.84. The summed E-state index contributed by atoms with van der Waals surface area (Å²) in [5.41, 5.74) is 0.107. The molecule has 2 unspecified atom stereocenters. The lowest BCUT2D eigenvalue weighted by atomic mass is 9.76. The van der Waals surface area contributed by atoms with Gasteiger partial charge in [0, 0.05) is 12.0 Å². The Morgan fingerprint density at radius 3 is 2.88 bits per heavy atom. The van der Waals surface area contributed by atoms with Gasteiger partial charge in [0.05, 0.1) is 12.7 Å². The molecule has 94 valence electrons. The van der Waals surface area contributed by atoms with E-state index in [1.54, 1.807) is 0 Å². The van der Waals surface area contributed by atoms with Crippen molar-refractivity contribution in [3.63, 3.8) is 0 Å². The molecule has 2 fully saturated rings. The summed E-state index contributed by atoms with van der Waals surface area (Å²) in [6.45, 7) is 3.39. The van der Waals surface area contributed by atoms with Gasteiger partial charge >= 0.3 is 0 Å². The first-order chi connectivity index (χ1) is 7.82. The summed E-state index contributed by atoms with van der Waals surface area (Å²) < 4.78 is 5.87. The van der Waals surface area contributed by atoms with Gasteiger partial charge in [-0.25, -0.2) is 0 Å². The first-order valence-corrected chi connectivity index (χ1v) is 7.78. The predicted octanol–water partition coefficient (Wildman–Crippen LogP) is 2.70. The number of hydrogen-bond donors (Lipinski definition) is 1. The van der Waals surface area contributed by atoms with Crippen LogP contribution in [-0.2, 0) is 4.74 Å². The minimum absolute atomic E-state index is 0.107. The van der Waals surface area contributed by atoms with Crippen LogP contribution in [0.2, 0.25) is 0 Å². The third-order valence-electron chi connectivity index (χ3n) is 4.03. The van der Waals surface area contributed by atoms with Crippen molar-refractivity contribution >= 4 is 11.8 Å². The van der Waals surface area contributed by atoms with E-state index in [2.05, 4.69) is 6.92 Å². The topological polar surface area (TPSA) is 29.5 Å². The second-order valence-electron chi connectivity index (χ2n) is 5.20. The molecule has 2 nitrogen and oxygen atoms in total. The Bertz CT molecular complexity index is 218. The van der Waals surface area contributed by atoms with E-state index in [4.69, 9.17) is 4.74 Å². The van der Waals surface area contributed by atoms with E-state index in [0.29, 0.717) is 12.7 Å². The predicted molar refractivity (Wildman–Crippen MR) is 68.8 cm³/mol. The van der Waals surface area contributed by atoms with Crippen LogP contribution in [0.25, 0.3) is 0 Å². The van der Waals surface area contributed by atoms with Gasteiger partial charge in [0.1, 0.15) is 0 Å². The molecule has 2 aliphatic rings. The maximum atomic E-state index is 9.73. The molecule has 1 saturated heterocycles.